The maximum Gasteiger partial charge on any atom is 0.320 e. The average molecular weight is 308 g/mol. The third-order valence-electron chi connectivity index (χ3n) is 2.51. The quantitative estimate of drug-likeness (QED) is 0.500. The van der Waals surface area contributed by atoms with Crippen LogP contribution in [0.3, 0.4) is 0 Å². The first kappa shape index (κ1) is 15.2. The van der Waals surface area contributed by atoms with Gasteiger partial charge in [-0.3, -0.25) is 10.1 Å². The van der Waals surface area contributed by atoms with Crippen molar-refractivity contribution in [2.24, 2.45) is 0 Å². The van der Waals surface area contributed by atoms with Gasteiger partial charge < -0.3 is 5.32 Å². The lowest BCUT2D eigenvalue weighted by Crippen LogP contribution is -2.06. The van der Waals surface area contributed by atoms with Gasteiger partial charge in [-0.1, -0.05) is 30.8 Å². The minimum atomic E-state index is -0.577. The van der Waals surface area contributed by atoms with Crippen LogP contribution in [-0.2, 0) is 0 Å². The standard InChI is InChI=1S/C13H13FN4O2S/c1-2-7-15-13-16-8-10(18(19)20)12(17-13)21-11-6-4-3-5-9(11)14/h3-6,8H,2,7H2,1H3,(H,15,16,17). The largest absolute Gasteiger partial charge is 0.354 e. The number of anilines is 1. The minimum absolute atomic E-state index is 0.110. The summed E-state index contributed by atoms with van der Waals surface area (Å²) in [6.07, 6.45) is 2.00. The molecule has 1 heterocycles. The molecule has 0 saturated carbocycles. The zero-order valence-corrected chi connectivity index (χ0v) is 12.1. The number of halogens is 1. The fourth-order valence-corrected chi connectivity index (χ4v) is 2.40. The number of aromatic nitrogens is 2. The van der Waals surface area contributed by atoms with E-state index >= 15 is 0 Å². The highest BCUT2D eigenvalue weighted by molar-refractivity contribution is 7.99. The maximum atomic E-state index is 13.7. The Balaban J connectivity index is 2.34. The van der Waals surface area contributed by atoms with Crippen molar-refractivity contribution in [3.63, 3.8) is 0 Å². The monoisotopic (exact) mass is 308 g/mol. The Bertz CT molecular complexity index is 654. The van der Waals surface area contributed by atoms with Crippen LogP contribution in [0.1, 0.15) is 13.3 Å². The zero-order chi connectivity index (χ0) is 15.2. The van der Waals surface area contributed by atoms with E-state index in [1.54, 1.807) is 18.2 Å². The van der Waals surface area contributed by atoms with Crippen molar-refractivity contribution in [2.45, 2.75) is 23.3 Å². The van der Waals surface area contributed by atoms with Crippen LogP contribution in [-0.4, -0.2) is 21.4 Å². The normalized spacial score (nSPS) is 10.4. The first-order valence-electron chi connectivity index (χ1n) is 6.29. The summed E-state index contributed by atoms with van der Waals surface area (Å²) in [4.78, 5) is 18.7. The van der Waals surface area contributed by atoms with Gasteiger partial charge in [0.15, 0.2) is 5.03 Å². The fraction of sp³-hybridized carbons (Fsp3) is 0.231. The number of hydrogen-bond acceptors (Lipinski definition) is 6. The number of hydrogen-bond donors (Lipinski definition) is 1. The van der Waals surface area contributed by atoms with Crippen molar-refractivity contribution in [3.8, 4) is 0 Å². The first-order chi connectivity index (χ1) is 10.1. The summed E-state index contributed by atoms with van der Waals surface area (Å²) >= 11 is 0.909. The molecule has 0 saturated heterocycles. The van der Waals surface area contributed by atoms with Crippen molar-refractivity contribution < 1.29 is 9.31 Å². The molecule has 1 N–H and O–H groups in total. The van der Waals surface area contributed by atoms with Crippen molar-refractivity contribution in [1.29, 1.82) is 0 Å². The van der Waals surface area contributed by atoms with Gasteiger partial charge in [-0.25, -0.2) is 9.37 Å². The van der Waals surface area contributed by atoms with Crippen molar-refractivity contribution in [2.75, 3.05) is 11.9 Å². The van der Waals surface area contributed by atoms with E-state index in [0.29, 0.717) is 12.5 Å². The van der Waals surface area contributed by atoms with E-state index in [1.807, 2.05) is 6.92 Å². The molecule has 0 amide bonds. The molecule has 2 aromatic rings. The van der Waals surface area contributed by atoms with Gasteiger partial charge in [0.05, 0.1) is 4.92 Å². The molecule has 0 bridgehead atoms. The minimum Gasteiger partial charge on any atom is -0.354 e. The van der Waals surface area contributed by atoms with E-state index in [0.717, 1.165) is 24.4 Å². The predicted molar refractivity (Wildman–Crippen MR) is 78.0 cm³/mol. The van der Waals surface area contributed by atoms with Crippen LogP contribution in [0.5, 0.6) is 0 Å². The smallest absolute Gasteiger partial charge is 0.320 e. The Kier molecular flexibility index (Phi) is 5.04. The van der Waals surface area contributed by atoms with Gasteiger partial charge >= 0.3 is 5.69 Å². The van der Waals surface area contributed by atoms with E-state index in [4.69, 9.17) is 0 Å². The SMILES string of the molecule is CCCNc1ncc([N+](=O)[O-])c(Sc2ccccc2F)n1. The van der Waals surface area contributed by atoms with E-state index < -0.39 is 10.7 Å². The molecule has 8 heteroatoms. The number of benzene rings is 1. The average Bonchev–Trinajstić information content (AvgIpc) is 2.47. The molecule has 0 atom stereocenters. The van der Waals surface area contributed by atoms with Crippen LogP contribution in [0, 0.1) is 15.9 Å². The molecule has 0 aliphatic rings. The van der Waals surface area contributed by atoms with Gasteiger partial charge in [0, 0.05) is 11.4 Å². The second-order valence-electron chi connectivity index (χ2n) is 4.10. The lowest BCUT2D eigenvalue weighted by atomic mass is 10.3. The lowest BCUT2D eigenvalue weighted by Gasteiger charge is -2.06. The van der Waals surface area contributed by atoms with E-state index in [1.165, 1.54) is 6.07 Å². The molecule has 2 rings (SSSR count). The summed E-state index contributed by atoms with van der Waals surface area (Å²) in [5.74, 6) is -0.153. The highest BCUT2D eigenvalue weighted by Crippen LogP contribution is 2.34. The second kappa shape index (κ2) is 6.98. The summed E-state index contributed by atoms with van der Waals surface area (Å²) in [6, 6.07) is 6.06. The summed E-state index contributed by atoms with van der Waals surface area (Å²) in [6.45, 7) is 2.63. The Morgan fingerprint density at radius 2 is 2.19 bits per heavy atom. The Morgan fingerprint density at radius 1 is 1.43 bits per heavy atom. The number of nitrogens with zero attached hydrogens (tertiary/aromatic N) is 3. The van der Waals surface area contributed by atoms with Crippen LogP contribution in [0.2, 0.25) is 0 Å². The molecule has 1 aromatic heterocycles. The van der Waals surface area contributed by atoms with E-state index in [9.17, 15) is 14.5 Å². The zero-order valence-electron chi connectivity index (χ0n) is 11.2. The number of nitro groups is 1. The topological polar surface area (TPSA) is 81.0 Å². The van der Waals surface area contributed by atoms with Gasteiger partial charge in [-0.05, 0) is 18.6 Å². The molecule has 1 aromatic carbocycles. The molecule has 110 valence electrons. The third-order valence-corrected chi connectivity index (χ3v) is 3.55. The van der Waals surface area contributed by atoms with Crippen molar-refractivity contribution >= 4 is 23.4 Å². The van der Waals surface area contributed by atoms with Crippen LogP contribution >= 0.6 is 11.8 Å². The molecule has 0 fully saturated rings. The van der Waals surface area contributed by atoms with Crippen molar-refractivity contribution in [1.82, 2.24) is 9.97 Å². The van der Waals surface area contributed by atoms with Gasteiger partial charge in [0.1, 0.15) is 12.0 Å². The van der Waals surface area contributed by atoms with Crippen LogP contribution in [0.15, 0.2) is 40.4 Å². The third kappa shape index (κ3) is 3.88. The van der Waals surface area contributed by atoms with Crippen molar-refractivity contribution in [3.05, 3.63) is 46.4 Å². The molecule has 0 unspecified atom stereocenters. The molecule has 0 radical (unpaired) electrons. The number of rotatable bonds is 6. The highest BCUT2D eigenvalue weighted by Gasteiger charge is 2.19. The summed E-state index contributed by atoms with van der Waals surface area (Å²) < 4.78 is 13.7. The van der Waals surface area contributed by atoms with Gasteiger partial charge in [0.2, 0.25) is 5.95 Å². The lowest BCUT2D eigenvalue weighted by molar-refractivity contribution is -0.388. The second-order valence-corrected chi connectivity index (χ2v) is 5.13. The van der Waals surface area contributed by atoms with Gasteiger partial charge in [-0.15, -0.1) is 0 Å². The van der Waals surface area contributed by atoms with E-state index in [2.05, 4.69) is 15.3 Å². The van der Waals surface area contributed by atoms with Crippen LogP contribution in [0.4, 0.5) is 16.0 Å². The fourth-order valence-electron chi connectivity index (χ4n) is 1.51. The summed E-state index contributed by atoms with van der Waals surface area (Å²) in [5.41, 5.74) is -0.245. The van der Waals surface area contributed by atoms with Crippen LogP contribution in [0.25, 0.3) is 0 Å². The number of nitrogens with one attached hydrogen (secondary N) is 1. The molecular formula is C13H13FN4O2S. The molecule has 0 spiro atoms. The predicted octanol–water partition coefficient (Wildman–Crippen LogP) is 3.50. The van der Waals surface area contributed by atoms with Gasteiger partial charge in [-0.2, -0.15) is 4.98 Å². The van der Waals surface area contributed by atoms with Crippen LogP contribution < -0.4 is 5.32 Å². The molecule has 21 heavy (non-hydrogen) atoms. The molecule has 0 aliphatic heterocycles. The Hall–Kier alpha value is -2.22. The Morgan fingerprint density at radius 3 is 2.86 bits per heavy atom. The molecule has 6 nitrogen and oxygen atoms in total. The van der Waals surface area contributed by atoms with E-state index in [-0.39, 0.29) is 15.6 Å². The molecular weight excluding hydrogens is 295 g/mol. The Labute approximate surface area is 125 Å². The highest BCUT2D eigenvalue weighted by atomic mass is 32.2. The van der Waals surface area contributed by atoms with Gasteiger partial charge in [0.25, 0.3) is 0 Å². The summed E-state index contributed by atoms with van der Waals surface area (Å²) in [7, 11) is 0. The molecule has 0 aliphatic carbocycles. The summed E-state index contributed by atoms with van der Waals surface area (Å²) in [5, 5.41) is 14.1. The first-order valence-corrected chi connectivity index (χ1v) is 7.11. The maximum absolute atomic E-state index is 13.7.